The minimum atomic E-state index is -1.81. The molecule has 0 aromatic heterocycles. The van der Waals surface area contributed by atoms with Crippen LogP contribution < -0.4 is 0 Å². The normalized spacial score (nSPS) is 53.2. The van der Waals surface area contributed by atoms with Crippen molar-refractivity contribution < 1.29 is 89.4 Å². The molecular weight excluding hydrogens is 865 g/mol. The van der Waals surface area contributed by atoms with Crippen molar-refractivity contribution >= 4 is 11.9 Å². The van der Waals surface area contributed by atoms with E-state index < -0.39 is 133 Å². The Morgan fingerprint density at radius 2 is 1.39 bits per heavy atom. The summed E-state index contributed by atoms with van der Waals surface area (Å²) in [6, 6.07) is 0. The number of allylic oxidation sites excluding steroid dienone is 2. The number of esters is 1. The van der Waals surface area contributed by atoms with E-state index in [4.69, 9.17) is 23.7 Å². The fourth-order valence-corrected chi connectivity index (χ4v) is 15.4. The highest BCUT2D eigenvalue weighted by atomic mass is 16.7. The third kappa shape index (κ3) is 7.74. The molecule has 7 fully saturated rings. The highest BCUT2D eigenvalue weighted by Crippen LogP contribution is 2.76. The summed E-state index contributed by atoms with van der Waals surface area (Å²) in [5, 5.41) is 117. The molecule has 8 aliphatic rings. The smallest absolute Gasteiger partial charge is 0.315 e. The van der Waals surface area contributed by atoms with Gasteiger partial charge in [-0.05, 0) is 109 Å². The Morgan fingerprint density at radius 3 is 2.06 bits per heavy atom. The van der Waals surface area contributed by atoms with Crippen molar-refractivity contribution in [2.45, 2.75) is 205 Å². The minimum Gasteiger partial charge on any atom is -0.481 e. The van der Waals surface area contributed by atoms with Crippen LogP contribution in [0.1, 0.15) is 113 Å². The van der Waals surface area contributed by atoms with Crippen LogP contribution in [-0.2, 0) is 33.3 Å². The lowest BCUT2D eigenvalue weighted by molar-refractivity contribution is -0.323. The number of aliphatic hydroxyl groups excluding tert-OH is 10. The zero-order valence-electron chi connectivity index (χ0n) is 39.3. The highest BCUT2D eigenvalue weighted by Gasteiger charge is 2.71. The molecule has 3 unspecified atom stereocenters. The van der Waals surface area contributed by atoms with Crippen LogP contribution in [0.3, 0.4) is 0 Å². The summed E-state index contributed by atoms with van der Waals surface area (Å²) in [5.41, 5.74) is -1.62. The number of aliphatic hydroxyl groups is 10. The second-order valence-corrected chi connectivity index (χ2v) is 23.7. The van der Waals surface area contributed by atoms with Gasteiger partial charge in [-0.1, -0.05) is 60.1 Å². The van der Waals surface area contributed by atoms with E-state index in [1.165, 1.54) is 5.57 Å². The molecule has 2 aliphatic heterocycles. The van der Waals surface area contributed by atoms with Crippen LogP contribution in [0.15, 0.2) is 11.6 Å². The molecule has 376 valence electrons. The SMILES string of the molecule is CC1(C)CC[C@@]2(C(=O)O[C@@H]3O[C@H](CO)[C@@H](O)[C@H](O)[C@H]3O)CC[C@@]3(C)C(=CCC4[C@]5(C)C[C@@H](O)[C@@H](O[C@@H]6C[C@@H](C(=O)O)[C@H](O)[C@@H](O)[C@@H]6O[C@H]6OC[C@H](O)[C@@H](O)[C@@H]6O)C(C)(C)C5CC[C@@]43C)C2C1. The molecule has 66 heavy (non-hydrogen) atoms. The number of hydrogen-bond acceptors (Lipinski definition) is 17. The van der Waals surface area contributed by atoms with Gasteiger partial charge in [-0.2, -0.15) is 0 Å². The molecular formula is C48H76O18. The van der Waals surface area contributed by atoms with Crippen molar-refractivity contribution in [3.63, 3.8) is 0 Å². The second-order valence-electron chi connectivity index (χ2n) is 23.7. The van der Waals surface area contributed by atoms with E-state index in [1.807, 2.05) is 13.8 Å². The first-order valence-electron chi connectivity index (χ1n) is 24.1. The first kappa shape index (κ1) is 50.5. The number of rotatable bonds is 8. The maximum atomic E-state index is 14.7. The average Bonchev–Trinajstić information content (AvgIpc) is 3.24. The molecule has 0 amide bonds. The maximum absolute atomic E-state index is 14.7. The van der Waals surface area contributed by atoms with Gasteiger partial charge in [0.2, 0.25) is 6.29 Å². The van der Waals surface area contributed by atoms with Gasteiger partial charge in [-0.3, -0.25) is 9.59 Å². The van der Waals surface area contributed by atoms with E-state index in [1.54, 1.807) is 0 Å². The van der Waals surface area contributed by atoms with Gasteiger partial charge in [0.25, 0.3) is 0 Å². The number of carboxylic acid groups (broad SMARTS) is 1. The number of fused-ring (bicyclic) bond motifs is 7. The fraction of sp³-hybridized carbons (Fsp3) is 0.917. The van der Waals surface area contributed by atoms with Gasteiger partial charge in [0.15, 0.2) is 6.29 Å². The maximum Gasteiger partial charge on any atom is 0.315 e. The number of aliphatic carboxylic acids is 1. The Kier molecular flexibility index (Phi) is 13.4. The monoisotopic (exact) mass is 941 g/mol. The summed E-state index contributed by atoms with van der Waals surface area (Å²) in [5.74, 6) is -3.44. The largest absolute Gasteiger partial charge is 0.481 e. The summed E-state index contributed by atoms with van der Waals surface area (Å²) in [6.45, 7) is 14.4. The fourth-order valence-electron chi connectivity index (χ4n) is 15.4. The number of ether oxygens (including phenoxy) is 5. The Hall–Kier alpha value is -1.88. The third-order valence-electron chi connectivity index (χ3n) is 19.3. The molecule has 2 saturated heterocycles. The standard InChI is InChI=1S/C48H76O18/c1-43(2)12-14-48(42(61)66-41-36(58)33(55)32(54)27(19-49)64-41)15-13-46(6)22(23(48)17-43)8-9-29-45(5)18-24(50)38(44(3,4)28(45)10-11-47(29,46)7)63-26-16-21(39(59)60)30(52)34(56)37(26)65-40-35(57)31(53)25(51)20-62-40/h8,21,23-38,40-41,49-58H,9-20H2,1-7H3,(H,59,60)/t21-,23?,24-,25+,26-,27-,28?,29?,30+,31-,32-,33+,34-,35+,36-,37-,38-,40-,41+,45-,46+,47+,48-/m1/s1. The van der Waals surface area contributed by atoms with Gasteiger partial charge in [0, 0.05) is 0 Å². The zero-order valence-corrected chi connectivity index (χ0v) is 39.3. The zero-order chi connectivity index (χ0) is 48.4. The molecule has 2 heterocycles. The Balaban J connectivity index is 1.07. The van der Waals surface area contributed by atoms with Crippen LogP contribution in [0.25, 0.3) is 0 Å². The molecule has 23 atom stereocenters. The van der Waals surface area contributed by atoms with Crippen LogP contribution in [-0.4, -0.2) is 173 Å². The first-order chi connectivity index (χ1) is 30.7. The molecule has 18 heteroatoms. The molecule has 0 radical (unpaired) electrons. The van der Waals surface area contributed by atoms with Crippen molar-refractivity contribution in [2.75, 3.05) is 13.2 Å². The van der Waals surface area contributed by atoms with Crippen LogP contribution >= 0.6 is 0 Å². The van der Waals surface area contributed by atoms with Crippen LogP contribution in [0.5, 0.6) is 0 Å². The number of carbonyl (C=O) groups is 2. The summed E-state index contributed by atoms with van der Waals surface area (Å²) in [6.07, 6.45) is -14.4. The van der Waals surface area contributed by atoms with E-state index in [-0.39, 0.29) is 47.0 Å². The molecule has 0 aromatic rings. The van der Waals surface area contributed by atoms with E-state index in [2.05, 4.69) is 40.7 Å². The number of carbonyl (C=O) groups excluding carboxylic acids is 1. The molecule has 18 nitrogen and oxygen atoms in total. The average molecular weight is 941 g/mol. The lowest BCUT2D eigenvalue weighted by atomic mass is 9.33. The van der Waals surface area contributed by atoms with E-state index in [0.717, 1.165) is 25.7 Å². The Bertz CT molecular complexity index is 1860. The summed E-state index contributed by atoms with van der Waals surface area (Å²) in [4.78, 5) is 27.1. The van der Waals surface area contributed by atoms with Crippen molar-refractivity contribution in [3.05, 3.63) is 11.6 Å². The second kappa shape index (κ2) is 17.5. The quantitative estimate of drug-likeness (QED) is 0.117. The highest BCUT2D eigenvalue weighted by molar-refractivity contribution is 5.79. The van der Waals surface area contributed by atoms with Gasteiger partial charge in [0.1, 0.15) is 54.9 Å². The van der Waals surface area contributed by atoms with Gasteiger partial charge < -0.3 is 79.9 Å². The predicted molar refractivity (Wildman–Crippen MR) is 229 cm³/mol. The van der Waals surface area contributed by atoms with Crippen LogP contribution in [0, 0.1) is 56.2 Å². The Morgan fingerprint density at radius 1 is 0.727 bits per heavy atom. The number of carboxylic acids is 1. The molecule has 11 N–H and O–H groups in total. The molecule has 0 bridgehead atoms. The topological polar surface area (TPSA) is 303 Å². The van der Waals surface area contributed by atoms with Crippen LogP contribution in [0.4, 0.5) is 0 Å². The minimum absolute atomic E-state index is 0.00582. The molecule has 0 aromatic carbocycles. The van der Waals surface area contributed by atoms with Crippen molar-refractivity contribution in [2.24, 2.45) is 56.2 Å². The molecule has 6 aliphatic carbocycles. The van der Waals surface area contributed by atoms with Crippen molar-refractivity contribution in [1.29, 1.82) is 0 Å². The van der Waals surface area contributed by atoms with E-state index >= 15 is 0 Å². The van der Waals surface area contributed by atoms with Crippen LogP contribution in [0.2, 0.25) is 0 Å². The predicted octanol–water partition coefficient (Wildman–Crippen LogP) is 0.506. The third-order valence-corrected chi connectivity index (χ3v) is 19.3. The lowest BCUT2D eigenvalue weighted by Gasteiger charge is -2.71. The lowest BCUT2D eigenvalue weighted by Crippen LogP contribution is -2.68. The van der Waals surface area contributed by atoms with Gasteiger partial charge in [-0.25, -0.2) is 0 Å². The summed E-state index contributed by atoms with van der Waals surface area (Å²) in [7, 11) is 0. The van der Waals surface area contributed by atoms with Crippen molar-refractivity contribution in [1.82, 2.24) is 0 Å². The number of hydrogen-bond donors (Lipinski definition) is 11. The molecule has 8 rings (SSSR count). The van der Waals surface area contributed by atoms with Gasteiger partial charge >= 0.3 is 11.9 Å². The molecule has 5 saturated carbocycles. The van der Waals surface area contributed by atoms with Crippen molar-refractivity contribution in [3.8, 4) is 0 Å². The summed E-state index contributed by atoms with van der Waals surface area (Å²) < 4.78 is 29.9. The Labute approximate surface area is 386 Å². The van der Waals surface area contributed by atoms with Gasteiger partial charge in [-0.15, -0.1) is 0 Å². The van der Waals surface area contributed by atoms with Gasteiger partial charge in [0.05, 0.1) is 49.0 Å². The first-order valence-corrected chi connectivity index (χ1v) is 24.1. The summed E-state index contributed by atoms with van der Waals surface area (Å²) >= 11 is 0. The van der Waals surface area contributed by atoms with E-state index in [0.29, 0.717) is 32.1 Å². The molecule has 0 spiro atoms. The van der Waals surface area contributed by atoms with E-state index in [9.17, 15) is 65.8 Å².